The van der Waals surface area contributed by atoms with Gasteiger partial charge in [-0.25, -0.2) is 0 Å². The Bertz CT molecular complexity index is 262. The molecule has 0 aromatic rings. The van der Waals surface area contributed by atoms with E-state index in [9.17, 15) is 4.79 Å². The first kappa shape index (κ1) is 10.6. The second-order valence-electron chi connectivity index (χ2n) is 2.95. The van der Waals surface area contributed by atoms with Crippen molar-refractivity contribution in [1.29, 1.82) is 5.26 Å². The van der Waals surface area contributed by atoms with Crippen molar-refractivity contribution >= 4 is 5.78 Å². The van der Waals surface area contributed by atoms with Crippen LogP contribution in [-0.4, -0.2) is 5.78 Å². The standard InChI is InChI=1S/C10H13NO/c1-8(2)6-10(12)7-9(3)4-5-11/h6-7H,4H2,1-3H3. The average Bonchev–Trinajstić information content (AvgIpc) is 1.84. The fraction of sp³-hybridized carbons (Fsp3) is 0.400. The van der Waals surface area contributed by atoms with Crippen LogP contribution in [0, 0.1) is 11.3 Å². The minimum absolute atomic E-state index is 0.0391. The molecule has 0 fully saturated rings. The fourth-order valence-electron chi connectivity index (χ4n) is 0.745. The van der Waals surface area contributed by atoms with Gasteiger partial charge in [-0.15, -0.1) is 0 Å². The third-order valence-corrected chi connectivity index (χ3v) is 1.18. The highest BCUT2D eigenvalue weighted by atomic mass is 16.1. The van der Waals surface area contributed by atoms with E-state index in [0.717, 1.165) is 11.1 Å². The third kappa shape index (κ3) is 5.43. The van der Waals surface area contributed by atoms with Gasteiger partial charge in [0.1, 0.15) is 0 Å². The number of allylic oxidation sites excluding steroid dienone is 4. The van der Waals surface area contributed by atoms with Gasteiger partial charge in [0.2, 0.25) is 0 Å². The summed E-state index contributed by atoms with van der Waals surface area (Å²) in [6.07, 6.45) is 3.37. The number of rotatable bonds is 3. The molecule has 0 aliphatic carbocycles. The molecule has 0 aromatic carbocycles. The zero-order valence-electron chi connectivity index (χ0n) is 7.72. The first-order valence-electron chi connectivity index (χ1n) is 3.79. The second-order valence-corrected chi connectivity index (χ2v) is 2.95. The highest BCUT2D eigenvalue weighted by Crippen LogP contribution is 1.99. The minimum atomic E-state index is -0.0391. The molecule has 0 saturated heterocycles. The SMILES string of the molecule is CC(C)=CC(=O)C=C(C)CC#N. The average molecular weight is 163 g/mol. The number of carbonyl (C=O) groups excluding carboxylic acids is 1. The molecule has 0 rings (SSSR count). The summed E-state index contributed by atoms with van der Waals surface area (Å²) in [7, 11) is 0. The second kappa shape index (κ2) is 5.31. The highest BCUT2D eigenvalue weighted by Gasteiger charge is 1.93. The Labute approximate surface area is 73.2 Å². The van der Waals surface area contributed by atoms with Crippen LogP contribution in [0.1, 0.15) is 27.2 Å². The van der Waals surface area contributed by atoms with Crippen LogP contribution in [0.25, 0.3) is 0 Å². The van der Waals surface area contributed by atoms with Gasteiger partial charge in [0.05, 0.1) is 12.5 Å². The Morgan fingerprint density at radius 2 is 1.92 bits per heavy atom. The number of hydrogen-bond donors (Lipinski definition) is 0. The largest absolute Gasteiger partial charge is 0.290 e. The summed E-state index contributed by atoms with van der Waals surface area (Å²) in [4.78, 5) is 11.1. The molecule has 64 valence electrons. The number of nitrogens with zero attached hydrogens (tertiary/aromatic N) is 1. The third-order valence-electron chi connectivity index (χ3n) is 1.18. The summed E-state index contributed by atoms with van der Waals surface area (Å²) >= 11 is 0. The molecule has 0 heterocycles. The van der Waals surface area contributed by atoms with Crippen molar-refractivity contribution in [1.82, 2.24) is 0 Å². The number of carbonyl (C=O) groups is 1. The first-order chi connectivity index (χ1) is 5.56. The van der Waals surface area contributed by atoms with Crippen molar-refractivity contribution in [3.63, 3.8) is 0 Å². The maximum atomic E-state index is 11.1. The summed E-state index contributed by atoms with van der Waals surface area (Å²) in [6.45, 7) is 5.51. The predicted molar refractivity (Wildman–Crippen MR) is 48.4 cm³/mol. The van der Waals surface area contributed by atoms with Crippen molar-refractivity contribution in [3.05, 3.63) is 23.3 Å². The van der Waals surface area contributed by atoms with Crippen molar-refractivity contribution in [2.45, 2.75) is 27.2 Å². The Hall–Kier alpha value is -1.36. The molecule has 0 N–H and O–H groups in total. The lowest BCUT2D eigenvalue weighted by Gasteiger charge is -1.90. The topological polar surface area (TPSA) is 40.9 Å². The Balaban J connectivity index is 4.27. The maximum Gasteiger partial charge on any atom is 0.178 e. The van der Waals surface area contributed by atoms with Gasteiger partial charge < -0.3 is 0 Å². The van der Waals surface area contributed by atoms with E-state index >= 15 is 0 Å². The molecule has 0 bridgehead atoms. The summed E-state index contributed by atoms with van der Waals surface area (Å²) in [5.74, 6) is -0.0391. The van der Waals surface area contributed by atoms with Gasteiger partial charge in [-0.1, -0.05) is 11.1 Å². The zero-order valence-corrected chi connectivity index (χ0v) is 7.72. The molecule has 2 heteroatoms. The lowest BCUT2D eigenvalue weighted by molar-refractivity contribution is -0.110. The molecule has 0 radical (unpaired) electrons. The number of ketones is 1. The summed E-state index contributed by atoms with van der Waals surface area (Å²) in [6, 6.07) is 1.98. The monoisotopic (exact) mass is 163 g/mol. The van der Waals surface area contributed by atoms with E-state index in [2.05, 4.69) is 0 Å². The number of nitriles is 1. The van der Waals surface area contributed by atoms with Gasteiger partial charge in [0.25, 0.3) is 0 Å². The van der Waals surface area contributed by atoms with Crippen molar-refractivity contribution in [2.75, 3.05) is 0 Å². The van der Waals surface area contributed by atoms with Gasteiger partial charge >= 0.3 is 0 Å². The van der Waals surface area contributed by atoms with E-state index in [1.807, 2.05) is 19.9 Å². The molecule has 0 aliphatic rings. The van der Waals surface area contributed by atoms with E-state index in [0.29, 0.717) is 6.42 Å². The molecule has 0 aromatic heterocycles. The summed E-state index contributed by atoms with van der Waals surface area (Å²) in [5, 5.41) is 8.31. The van der Waals surface area contributed by atoms with E-state index < -0.39 is 0 Å². The van der Waals surface area contributed by atoms with E-state index in [-0.39, 0.29) is 5.78 Å². The summed E-state index contributed by atoms with van der Waals surface area (Å²) < 4.78 is 0. The smallest absolute Gasteiger partial charge is 0.178 e. The van der Waals surface area contributed by atoms with Crippen LogP contribution < -0.4 is 0 Å². The van der Waals surface area contributed by atoms with E-state index in [1.54, 1.807) is 13.0 Å². The molecule has 0 aliphatic heterocycles. The zero-order chi connectivity index (χ0) is 9.56. The van der Waals surface area contributed by atoms with Crippen LogP contribution in [0.15, 0.2) is 23.3 Å². The quantitative estimate of drug-likeness (QED) is 0.599. The van der Waals surface area contributed by atoms with Crippen molar-refractivity contribution in [3.8, 4) is 6.07 Å². The Kier molecular flexibility index (Phi) is 4.71. The minimum Gasteiger partial charge on any atom is -0.290 e. The molecule has 0 spiro atoms. The van der Waals surface area contributed by atoms with Crippen LogP contribution in [0.5, 0.6) is 0 Å². The predicted octanol–water partition coefficient (Wildman–Crippen LogP) is 2.38. The first-order valence-corrected chi connectivity index (χ1v) is 3.79. The van der Waals surface area contributed by atoms with Gasteiger partial charge in [-0.2, -0.15) is 5.26 Å². The van der Waals surface area contributed by atoms with Crippen molar-refractivity contribution < 1.29 is 4.79 Å². The molecule has 2 nitrogen and oxygen atoms in total. The molecular weight excluding hydrogens is 150 g/mol. The molecule has 12 heavy (non-hydrogen) atoms. The van der Waals surface area contributed by atoms with Crippen LogP contribution in [0.2, 0.25) is 0 Å². The van der Waals surface area contributed by atoms with Gasteiger partial charge in [0, 0.05) is 0 Å². The Morgan fingerprint density at radius 1 is 1.33 bits per heavy atom. The van der Waals surface area contributed by atoms with E-state index in [4.69, 9.17) is 5.26 Å². The van der Waals surface area contributed by atoms with Gasteiger partial charge in [0.15, 0.2) is 5.78 Å². The van der Waals surface area contributed by atoms with Crippen LogP contribution in [-0.2, 0) is 4.79 Å². The normalized spacial score (nSPS) is 10.3. The molecule has 0 saturated carbocycles. The lowest BCUT2D eigenvalue weighted by Crippen LogP contribution is -1.89. The van der Waals surface area contributed by atoms with Gasteiger partial charge in [-0.3, -0.25) is 4.79 Å². The number of hydrogen-bond acceptors (Lipinski definition) is 2. The maximum absolute atomic E-state index is 11.1. The molecule has 0 amide bonds. The molecule has 0 unspecified atom stereocenters. The lowest BCUT2D eigenvalue weighted by atomic mass is 10.1. The fourth-order valence-corrected chi connectivity index (χ4v) is 0.745. The van der Waals surface area contributed by atoms with Gasteiger partial charge in [-0.05, 0) is 32.9 Å². The Morgan fingerprint density at radius 3 is 2.33 bits per heavy atom. The molecular formula is C10H13NO. The van der Waals surface area contributed by atoms with E-state index in [1.165, 1.54) is 6.08 Å². The van der Waals surface area contributed by atoms with Crippen LogP contribution in [0.3, 0.4) is 0 Å². The highest BCUT2D eigenvalue weighted by molar-refractivity contribution is 6.00. The summed E-state index contributed by atoms with van der Waals surface area (Å²) in [5.41, 5.74) is 1.78. The van der Waals surface area contributed by atoms with Crippen LogP contribution in [0.4, 0.5) is 0 Å². The van der Waals surface area contributed by atoms with Crippen molar-refractivity contribution in [2.24, 2.45) is 0 Å². The molecule has 0 atom stereocenters. The van der Waals surface area contributed by atoms with Crippen LogP contribution >= 0.6 is 0 Å².